The van der Waals surface area contributed by atoms with E-state index in [0.29, 0.717) is 6.42 Å². The first kappa shape index (κ1) is 16.0. The molecule has 1 aromatic heterocycles. The Kier molecular flexibility index (Phi) is 5.82. The lowest BCUT2D eigenvalue weighted by Crippen LogP contribution is -2.45. The molecule has 2 atom stereocenters. The fraction of sp³-hybridized carbons (Fsp3) is 0.643. The average molecular weight is 284 g/mol. The molecule has 0 radical (unpaired) electrons. The second kappa shape index (κ2) is 6.91. The topological polar surface area (TPSA) is 61.4 Å². The Morgan fingerprint density at radius 3 is 2.58 bits per heavy atom. The van der Waals surface area contributed by atoms with Crippen LogP contribution in [0, 0.1) is 5.41 Å². The van der Waals surface area contributed by atoms with Gasteiger partial charge in [-0.1, -0.05) is 26.8 Å². The van der Waals surface area contributed by atoms with Crippen molar-refractivity contribution in [1.82, 2.24) is 10.6 Å². The van der Waals surface area contributed by atoms with Crippen molar-refractivity contribution in [2.24, 2.45) is 5.41 Å². The molecule has 0 aromatic carbocycles. The van der Waals surface area contributed by atoms with Gasteiger partial charge in [-0.3, -0.25) is 0 Å². The molecule has 3 N–H and O–H groups in total. The van der Waals surface area contributed by atoms with Gasteiger partial charge in [-0.05, 0) is 30.2 Å². The largest absolute Gasteiger partial charge is 0.396 e. The summed E-state index contributed by atoms with van der Waals surface area (Å²) in [6.07, 6.45) is 0.562. The van der Waals surface area contributed by atoms with Gasteiger partial charge in [0, 0.05) is 17.5 Å². The van der Waals surface area contributed by atoms with E-state index in [-0.39, 0.29) is 30.1 Å². The first-order chi connectivity index (χ1) is 8.84. The van der Waals surface area contributed by atoms with E-state index < -0.39 is 0 Å². The number of aliphatic hydroxyl groups excluding tert-OH is 1. The quantitative estimate of drug-likeness (QED) is 0.778. The van der Waals surface area contributed by atoms with Gasteiger partial charge < -0.3 is 15.7 Å². The van der Waals surface area contributed by atoms with Gasteiger partial charge in [0.1, 0.15) is 0 Å². The summed E-state index contributed by atoms with van der Waals surface area (Å²) in [5.74, 6) is 0. The molecule has 0 saturated heterocycles. The van der Waals surface area contributed by atoms with Gasteiger partial charge in [-0.25, -0.2) is 4.79 Å². The Bertz CT molecular complexity index is 385. The Morgan fingerprint density at radius 2 is 2.11 bits per heavy atom. The summed E-state index contributed by atoms with van der Waals surface area (Å²) < 4.78 is 0. The highest BCUT2D eigenvalue weighted by molar-refractivity contribution is 7.10. The van der Waals surface area contributed by atoms with Gasteiger partial charge in [-0.2, -0.15) is 0 Å². The van der Waals surface area contributed by atoms with Gasteiger partial charge in [0.2, 0.25) is 0 Å². The van der Waals surface area contributed by atoms with Crippen LogP contribution in [0.25, 0.3) is 0 Å². The first-order valence-electron chi connectivity index (χ1n) is 6.56. The molecule has 1 rings (SSSR count). The van der Waals surface area contributed by atoms with E-state index in [0.717, 1.165) is 4.88 Å². The molecule has 0 aliphatic carbocycles. The summed E-state index contributed by atoms with van der Waals surface area (Å²) in [7, 11) is 0. The van der Waals surface area contributed by atoms with Crippen molar-refractivity contribution in [1.29, 1.82) is 0 Å². The van der Waals surface area contributed by atoms with E-state index in [2.05, 4.69) is 31.4 Å². The van der Waals surface area contributed by atoms with Crippen LogP contribution in [0.2, 0.25) is 0 Å². The molecule has 19 heavy (non-hydrogen) atoms. The van der Waals surface area contributed by atoms with Crippen molar-refractivity contribution < 1.29 is 9.90 Å². The molecule has 1 unspecified atom stereocenters. The molecule has 0 fully saturated rings. The molecule has 0 saturated carbocycles. The standard InChI is InChI=1S/C14H24N2O2S/c1-10(7-8-17)15-13(18)16-12(14(2,3)4)11-6-5-9-19-11/h5-6,9-10,12,17H,7-8H2,1-4H3,(H2,15,16,18)/t10-,12?/m1/s1. The van der Waals surface area contributed by atoms with Gasteiger partial charge >= 0.3 is 6.03 Å². The van der Waals surface area contributed by atoms with Crippen LogP contribution in [0.5, 0.6) is 0 Å². The van der Waals surface area contributed by atoms with Crippen LogP contribution in [0.15, 0.2) is 17.5 Å². The summed E-state index contributed by atoms with van der Waals surface area (Å²) >= 11 is 1.65. The van der Waals surface area contributed by atoms with E-state index >= 15 is 0 Å². The van der Waals surface area contributed by atoms with Crippen LogP contribution < -0.4 is 10.6 Å². The van der Waals surface area contributed by atoms with E-state index in [1.807, 2.05) is 24.4 Å². The molecule has 0 aliphatic heterocycles. The minimum Gasteiger partial charge on any atom is -0.396 e. The number of carbonyl (C=O) groups is 1. The van der Waals surface area contributed by atoms with Crippen molar-refractivity contribution in [2.75, 3.05) is 6.61 Å². The molecule has 0 aliphatic rings. The van der Waals surface area contributed by atoms with Crippen molar-refractivity contribution in [3.05, 3.63) is 22.4 Å². The normalized spacial score (nSPS) is 14.8. The smallest absolute Gasteiger partial charge is 0.315 e. The Balaban J connectivity index is 2.66. The number of nitrogens with one attached hydrogen (secondary N) is 2. The minimum absolute atomic E-state index is 0.0196. The van der Waals surface area contributed by atoms with Crippen LogP contribution in [-0.4, -0.2) is 23.8 Å². The monoisotopic (exact) mass is 284 g/mol. The lowest BCUT2D eigenvalue weighted by atomic mass is 9.86. The summed E-state index contributed by atoms with van der Waals surface area (Å²) in [6, 6.07) is 3.79. The minimum atomic E-state index is -0.186. The van der Waals surface area contributed by atoms with Crippen LogP contribution in [-0.2, 0) is 0 Å². The third kappa shape index (κ3) is 5.20. The second-order valence-corrected chi connectivity index (χ2v) is 6.82. The van der Waals surface area contributed by atoms with E-state index in [1.165, 1.54) is 0 Å². The molecule has 108 valence electrons. The first-order valence-corrected chi connectivity index (χ1v) is 7.44. The highest BCUT2D eigenvalue weighted by Gasteiger charge is 2.28. The van der Waals surface area contributed by atoms with Crippen molar-refractivity contribution in [3.8, 4) is 0 Å². The molecule has 1 heterocycles. The molecule has 5 heteroatoms. The SMILES string of the molecule is C[C@H](CCO)NC(=O)NC(c1cccs1)C(C)(C)C. The zero-order valence-electron chi connectivity index (χ0n) is 12.1. The van der Waals surface area contributed by atoms with E-state index in [4.69, 9.17) is 5.11 Å². The van der Waals surface area contributed by atoms with Crippen LogP contribution in [0.1, 0.15) is 45.0 Å². The number of hydrogen-bond donors (Lipinski definition) is 3. The maximum Gasteiger partial charge on any atom is 0.315 e. The second-order valence-electron chi connectivity index (χ2n) is 5.85. The molecule has 0 spiro atoms. The Morgan fingerprint density at radius 1 is 1.42 bits per heavy atom. The van der Waals surface area contributed by atoms with Gasteiger partial charge in [0.05, 0.1) is 6.04 Å². The average Bonchev–Trinajstić information content (AvgIpc) is 2.77. The van der Waals surface area contributed by atoms with Gasteiger partial charge in [-0.15, -0.1) is 11.3 Å². The zero-order chi connectivity index (χ0) is 14.5. The lowest BCUT2D eigenvalue weighted by molar-refractivity contribution is 0.212. The summed E-state index contributed by atoms with van der Waals surface area (Å²) in [6.45, 7) is 8.28. The number of amides is 2. The number of thiophene rings is 1. The lowest BCUT2D eigenvalue weighted by Gasteiger charge is -2.31. The van der Waals surface area contributed by atoms with Gasteiger partial charge in [0.15, 0.2) is 0 Å². The molecular weight excluding hydrogens is 260 g/mol. The van der Waals surface area contributed by atoms with Gasteiger partial charge in [0.25, 0.3) is 0 Å². The third-order valence-corrected chi connectivity index (χ3v) is 3.85. The highest BCUT2D eigenvalue weighted by atomic mass is 32.1. The molecule has 1 aromatic rings. The Hall–Kier alpha value is -1.07. The number of urea groups is 1. The van der Waals surface area contributed by atoms with E-state index in [1.54, 1.807) is 11.3 Å². The maximum absolute atomic E-state index is 12.0. The number of aliphatic hydroxyl groups is 1. The number of hydrogen-bond acceptors (Lipinski definition) is 3. The van der Waals surface area contributed by atoms with Crippen molar-refractivity contribution in [3.63, 3.8) is 0 Å². The van der Waals surface area contributed by atoms with Crippen LogP contribution in [0.3, 0.4) is 0 Å². The molecule has 0 bridgehead atoms. The summed E-state index contributed by atoms with van der Waals surface area (Å²) in [5, 5.41) is 16.7. The Labute approximate surface area is 119 Å². The fourth-order valence-electron chi connectivity index (χ4n) is 1.83. The predicted molar refractivity (Wildman–Crippen MR) is 79.3 cm³/mol. The highest BCUT2D eigenvalue weighted by Crippen LogP contribution is 2.34. The third-order valence-electron chi connectivity index (χ3n) is 2.91. The number of carbonyl (C=O) groups excluding carboxylic acids is 1. The maximum atomic E-state index is 12.0. The van der Waals surface area contributed by atoms with Crippen LogP contribution >= 0.6 is 11.3 Å². The molecule has 2 amide bonds. The van der Waals surface area contributed by atoms with Crippen molar-refractivity contribution >= 4 is 17.4 Å². The number of rotatable bonds is 5. The summed E-state index contributed by atoms with van der Waals surface area (Å²) in [4.78, 5) is 13.1. The molecular formula is C14H24N2O2S. The predicted octanol–water partition coefficient (Wildman–Crippen LogP) is 2.91. The fourth-order valence-corrected chi connectivity index (χ4v) is 2.85. The zero-order valence-corrected chi connectivity index (χ0v) is 12.9. The summed E-state index contributed by atoms with van der Waals surface area (Å²) in [5.41, 5.74) is -0.0532. The van der Waals surface area contributed by atoms with E-state index in [9.17, 15) is 4.79 Å². The van der Waals surface area contributed by atoms with Crippen LogP contribution in [0.4, 0.5) is 4.79 Å². The van der Waals surface area contributed by atoms with Crippen molar-refractivity contribution in [2.45, 2.75) is 46.2 Å². The molecule has 4 nitrogen and oxygen atoms in total.